The smallest absolute Gasteiger partial charge is 0.120 e. The van der Waals surface area contributed by atoms with E-state index in [4.69, 9.17) is 16.3 Å². The molecule has 1 spiro atoms. The van der Waals surface area contributed by atoms with Crippen molar-refractivity contribution in [3.05, 3.63) is 28.7 Å². The molecule has 19 heavy (non-hydrogen) atoms. The topological polar surface area (TPSA) is 9.23 Å². The van der Waals surface area contributed by atoms with E-state index in [-0.39, 0.29) is 5.41 Å². The fourth-order valence-corrected chi connectivity index (χ4v) is 4.49. The monoisotopic (exact) mass is 342 g/mol. The van der Waals surface area contributed by atoms with E-state index >= 15 is 0 Å². The molecule has 0 aromatic heterocycles. The Hall–Kier alpha value is -0.210. The van der Waals surface area contributed by atoms with E-state index < -0.39 is 0 Å². The van der Waals surface area contributed by atoms with Crippen molar-refractivity contribution in [3.8, 4) is 5.75 Å². The normalized spacial score (nSPS) is 29.6. The average Bonchev–Trinajstić information content (AvgIpc) is 2.66. The van der Waals surface area contributed by atoms with E-state index in [1.54, 1.807) is 0 Å². The maximum atomic E-state index is 6.56. The first kappa shape index (κ1) is 13.8. The van der Waals surface area contributed by atoms with E-state index in [0.717, 1.165) is 16.6 Å². The van der Waals surface area contributed by atoms with Gasteiger partial charge >= 0.3 is 0 Å². The largest absolute Gasteiger partial charge is 0.490 e. The second-order valence-electron chi connectivity index (χ2n) is 5.91. The van der Waals surface area contributed by atoms with Crippen LogP contribution in [0.25, 0.3) is 0 Å². The minimum Gasteiger partial charge on any atom is -0.490 e. The molecular weight excluding hydrogens is 324 g/mol. The van der Waals surface area contributed by atoms with Crippen LogP contribution < -0.4 is 4.74 Å². The van der Waals surface area contributed by atoms with Gasteiger partial charge in [0.2, 0.25) is 0 Å². The third kappa shape index (κ3) is 2.67. The van der Waals surface area contributed by atoms with Crippen molar-refractivity contribution < 1.29 is 4.74 Å². The van der Waals surface area contributed by atoms with Crippen LogP contribution in [0.1, 0.15) is 44.9 Å². The SMILES string of the molecule is ClC1CC(Oc2cccc(Br)c2)C12CCCCCC2. The predicted molar refractivity (Wildman–Crippen MR) is 83.0 cm³/mol. The zero-order chi connectivity index (χ0) is 13.3. The first-order chi connectivity index (χ1) is 9.21. The molecule has 2 unspecified atom stereocenters. The molecule has 1 aromatic rings. The summed E-state index contributed by atoms with van der Waals surface area (Å²) >= 11 is 10.1. The summed E-state index contributed by atoms with van der Waals surface area (Å²) in [6, 6.07) is 8.14. The zero-order valence-corrected chi connectivity index (χ0v) is 13.4. The Balaban J connectivity index is 1.74. The van der Waals surface area contributed by atoms with Gasteiger partial charge in [0.1, 0.15) is 11.9 Å². The molecule has 0 N–H and O–H groups in total. The molecule has 1 nitrogen and oxygen atoms in total. The van der Waals surface area contributed by atoms with Crippen LogP contribution in [0.3, 0.4) is 0 Å². The molecule has 2 fully saturated rings. The number of ether oxygens (including phenoxy) is 1. The summed E-state index contributed by atoms with van der Waals surface area (Å²) in [6.07, 6.45) is 9.10. The molecule has 0 amide bonds. The predicted octanol–water partition coefficient (Wildman–Crippen LogP) is 5.55. The Morgan fingerprint density at radius 1 is 1.16 bits per heavy atom. The van der Waals surface area contributed by atoms with Crippen molar-refractivity contribution >= 4 is 27.5 Å². The van der Waals surface area contributed by atoms with Crippen LogP contribution in [0.4, 0.5) is 0 Å². The number of rotatable bonds is 2. The Kier molecular flexibility index (Phi) is 4.09. The van der Waals surface area contributed by atoms with Crippen LogP contribution >= 0.6 is 27.5 Å². The molecule has 104 valence electrons. The molecule has 3 heteroatoms. The Morgan fingerprint density at radius 3 is 2.53 bits per heavy atom. The Bertz CT molecular complexity index is 440. The zero-order valence-electron chi connectivity index (χ0n) is 11.1. The molecule has 2 atom stereocenters. The van der Waals surface area contributed by atoms with Crippen molar-refractivity contribution in [2.45, 2.75) is 56.4 Å². The van der Waals surface area contributed by atoms with Gasteiger partial charge in [0.15, 0.2) is 0 Å². The minimum absolute atomic E-state index is 0.236. The lowest BCUT2D eigenvalue weighted by molar-refractivity contribution is -0.0512. The van der Waals surface area contributed by atoms with Gasteiger partial charge in [-0.3, -0.25) is 0 Å². The summed E-state index contributed by atoms with van der Waals surface area (Å²) in [5.41, 5.74) is 0.236. The van der Waals surface area contributed by atoms with E-state index in [0.29, 0.717) is 11.5 Å². The lowest BCUT2D eigenvalue weighted by Gasteiger charge is -2.53. The van der Waals surface area contributed by atoms with Crippen LogP contribution in [0.2, 0.25) is 0 Å². The van der Waals surface area contributed by atoms with Crippen LogP contribution in [0.15, 0.2) is 28.7 Å². The van der Waals surface area contributed by atoms with E-state index in [1.165, 1.54) is 38.5 Å². The Labute approximate surface area is 128 Å². The summed E-state index contributed by atoms with van der Waals surface area (Å²) in [7, 11) is 0. The highest BCUT2D eigenvalue weighted by Crippen LogP contribution is 2.55. The second-order valence-corrected chi connectivity index (χ2v) is 7.36. The quantitative estimate of drug-likeness (QED) is 0.640. The summed E-state index contributed by atoms with van der Waals surface area (Å²) < 4.78 is 7.31. The van der Waals surface area contributed by atoms with Crippen LogP contribution in [0.5, 0.6) is 5.75 Å². The Morgan fingerprint density at radius 2 is 1.89 bits per heavy atom. The molecule has 0 bridgehead atoms. The summed E-state index contributed by atoms with van der Waals surface area (Å²) in [6.45, 7) is 0. The highest BCUT2D eigenvalue weighted by atomic mass is 79.9. The molecule has 2 saturated carbocycles. The fraction of sp³-hybridized carbons (Fsp3) is 0.625. The standard InChI is InChI=1S/C16H20BrClO/c17-12-6-5-7-13(10-12)19-15-11-14(18)16(15)8-3-1-2-4-9-16/h5-7,10,14-15H,1-4,8-9,11H2. The third-order valence-corrected chi connectivity index (χ3v) is 5.90. The summed E-state index contributed by atoms with van der Waals surface area (Å²) in [5, 5.41) is 0.308. The molecular formula is C16H20BrClO. The van der Waals surface area contributed by atoms with Crippen LogP contribution in [0, 0.1) is 5.41 Å². The molecule has 3 rings (SSSR count). The second kappa shape index (κ2) is 5.65. The number of benzene rings is 1. The molecule has 2 aliphatic rings. The van der Waals surface area contributed by atoms with Gasteiger partial charge in [-0.15, -0.1) is 11.6 Å². The van der Waals surface area contributed by atoms with Gasteiger partial charge in [-0.25, -0.2) is 0 Å². The maximum Gasteiger partial charge on any atom is 0.120 e. The number of halogens is 2. The van der Waals surface area contributed by atoms with Crippen LogP contribution in [-0.4, -0.2) is 11.5 Å². The molecule has 2 aliphatic carbocycles. The maximum absolute atomic E-state index is 6.56. The number of alkyl halides is 1. The minimum atomic E-state index is 0.236. The summed E-state index contributed by atoms with van der Waals surface area (Å²) in [5.74, 6) is 0.964. The molecule has 0 heterocycles. The fourth-order valence-electron chi connectivity index (χ4n) is 3.59. The first-order valence-electron chi connectivity index (χ1n) is 7.27. The van der Waals surface area contributed by atoms with Gasteiger partial charge in [-0.1, -0.05) is 47.7 Å². The molecule has 0 aliphatic heterocycles. The molecule has 0 radical (unpaired) electrons. The van der Waals surface area contributed by atoms with Gasteiger partial charge in [-0.2, -0.15) is 0 Å². The van der Waals surface area contributed by atoms with E-state index in [9.17, 15) is 0 Å². The van der Waals surface area contributed by atoms with Gasteiger partial charge in [0, 0.05) is 21.7 Å². The van der Waals surface area contributed by atoms with Crippen molar-refractivity contribution in [1.29, 1.82) is 0 Å². The van der Waals surface area contributed by atoms with Gasteiger partial charge < -0.3 is 4.74 Å². The highest BCUT2D eigenvalue weighted by Gasteiger charge is 2.55. The van der Waals surface area contributed by atoms with Crippen molar-refractivity contribution in [2.24, 2.45) is 5.41 Å². The van der Waals surface area contributed by atoms with Crippen molar-refractivity contribution in [3.63, 3.8) is 0 Å². The number of hydrogen-bond acceptors (Lipinski definition) is 1. The lowest BCUT2D eigenvalue weighted by Crippen LogP contribution is -2.57. The average molecular weight is 344 g/mol. The first-order valence-corrected chi connectivity index (χ1v) is 8.50. The molecule has 1 aromatic carbocycles. The van der Waals surface area contributed by atoms with Gasteiger partial charge in [0.25, 0.3) is 0 Å². The van der Waals surface area contributed by atoms with Gasteiger partial charge in [0.05, 0.1) is 0 Å². The van der Waals surface area contributed by atoms with Crippen LogP contribution in [-0.2, 0) is 0 Å². The van der Waals surface area contributed by atoms with Crippen molar-refractivity contribution in [2.75, 3.05) is 0 Å². The van der Waals surface area contributed by atoms with Crippen molar-refractivity contribution in [1.82, 2.24) is 0 Å². The summed E-state index contributed by atoms with van der Waals surface area (Å²) in [4.78, 5) is 0. The highest BCUT2D eigenvalue weighted by molar-refractivity contribution is 9.10. The molecule has 0 saturated heterocycles. The third-order valence-electron chi connectivity index (χ3n) is 4.79. The van der Waals surface area contributed by atoms with E-state index in [2.05, 4.69) is 15.9 Å². The number of hydrogen-bond donors (Lipinski definition) is 0. The van der Waals surface area contributed by atoms with Gasteiger partial charge in [-0.05, 0) is 31.0 Å². The lowest BCUT2D eigenvalue weighted by atomic mass is 9.61. The van der Waals surface area contributed by atoms with E-state index in [1.807, 2.05) is 24.3 Å².